The Kier molecular flexibility index (Phi) is 4.78. The van der Waals surface area contributed by atoms with Crippen molar-refractivity contribution in [3.63, 3.8) is 0 Å². The zero-order valence-corrected chi connectivity index (χ0v) is 8.35. The van der Waals surface area contributed by atoms with E-state index < -0.39 is 0 Å². The van der Waals surface area contributed by atoms with E-state index in [9.17, 15) is 0 Å². The van der Waals surface area contributed by atoms with Crippen molar-refractivity contribution >= 4 is 0 Å². The molecule has 60 valence electrons. The Labute approximate surface area is 82.5 Å². The van der Waals surface area contributed by atoms with Crippen molar-refractivity contribution < 1.29 is 18.9 Å². The number of hydrogen-bond acceptors (Lipinski definition) is 0. The van der Waals surface area contributed by atoms with Gasteiger partial charge in [-0.1, -0.05) is 32.6 Å². The fourth-order valence-electron chi connectivity index (χ4n) is 1.80. The van der Waals surface area contributed by atoms with Crippen LogP contribution >= 0.6 is 0 Å². The topological polar surface area (TPSA) is 14.1 Å². The van der Waals surface area contributed by atoms with Crippen LogP contribution in [0.5, 0.6) is 0 Å². The predicted molar refractivity (Wildman–Crippen MR) is 45.3 cm³/mol. The van der Waals surface area contributed by atoms with Gasteiger partial charge in [-0.3, -0.25) is 0 Å². The van der Waals surface area contributed by atoms with Gasteiger partial charge in [0, 0.05) is 0 Å². The Balaban J connectivity index is 0.000001000. The Morgan fingerprint density at radius 3 is 2.64 bits per heavy atom. The van der Waals surface area contributed by atoms with Gasteiger partial charge >= 0.3 is 18.9 Å². The van der Waals surface area contributed by atoms with Crippen LogP contribution in [0.15, 0.2) is 0 Å². The van der Waals surface area contributed by atoms with Gasteiger partial charge < -0.3 is 5.32 Å². The van der Waals surface area contributed by atoms with E-state index in [1.165, 1.54) is 12.8 Å². The minimum atomic E-state index is 0. The van der Waals surface area contributed by atoms with Crippen LogP contribution in [0, 0.1) is 11.3 Å². The normalized spacial score (nSPS) is 30.3. The van der Waals surface area contributed by atoms with Gasteiger partial charge in [0.15, 0.2) is 0 Å². The molecule has 1 nitrogen and oxygen atoms in total. The van der Waals surface area contributed by atoms with E-state index in [2.05, 4.69) is 26.1 Å². The largest absolute Gasteiger partial charge is 1.00 e. The van der Waals surface area contributed by atoms with Gasteiger partial charge in [0.1, 0.15) is 0 Å². The van der Waals surface area contributed by atoms with Crippen LogP contribution in [0.1, 0.15) is 33.6 Å². The van der Waals surface area contributed by atoms with E-state index in [1.54, 1.807) is 0 Å². The second kappa shape index (κ2) is 4.55. The fraction of sp³-hybridized carbons (Fsp3) is 1.00. The van der Waals surface area contributed by atoms with Crippen LogP contribution in [0.3, 0.4) is 0 Å². The summed E-state index contributed by atoms with van der Waals surface area (Å²) in [6, 6.07) is 0. The molecule has 1 unspecified atom stereocenters. The molecule has 1 saturated heterocycles. The smallest absolute Gasteiger partial charge is 0.662 e. The predicted octanol–water partition coefficient (Wildman–Crippen LogP) is -0.180. The van der Waals surface area contributed by atoms with Crippen LogP contribution in [-0.4, -0.2) is 13.1 Å². The summed E-state index contributed by atoms with van der Waals surface area (Å²) in [5.74, 6) is 0.876. The van der Waals surface area contributed by atoms with E-state index >= 15 is 0 Å². The van der Waals surface area contributed by atoms with E-state index in [0.29, 0.717) is 5.41 Å². The second-order valence-electron chi connectivity index (χ2n) is 4.37. The van der Waals surface area contributed by atoms with Crippen LogP contribution in [0.25, 0.3) is 5.32 Å². The maximum atomic E-state index is 4.47. The standard InChI is InChI=1S/C9H18N.Li/c1-8-4-5-10-7-9(2,3)6-8;/h8H,4-7H2,1-3H3;/q-1;+1. The summed E-state index contributed by atoms with van der Waals surface area (Å²) in [5.41, 5.74) is 0.468. The van der Waals surface area contributed by atoms with Crippen LogP contribution in [0.4, 0.5) is 0 Å². The van der Waals surface area contributed by atoms with Crippen molar-refractivity contribution in [3.8, 4) is 0 Å². The Bertz CT molecular complexity index is 112. The fourth-order valence-corrected chi connectivity index (χ4v) is 1.80. The van der Waals surface area contributed by atoms with Gasteiger partial charge in [0.2, 0.25) is 0 Å². The van der Waals surface area contributed by atoms with E-state index in [1.807, 2.05) is 0 Å². The third-order valence-corrected chi connectivity index (χ3v) is 2.22. The molecule has 0 radical (unpaired) electrons. The number of hydrogen-bond donors (Lipinski definition) is 0. The Morgan fingerprint density at radius 2 is 2.00 bits per heavy atom. The summed E-state index contributed by atoms with van der Waals surface area (Å²) in [5, 5.41) is 4.47. The SMILES string of the molecule is CC1CC[N-]CC(C)(C)C1.[Li+]. The molecule has 0 amide bonds. The van der Waals surface area contributed by atoms with Crippen molar-refractivity contribution in [2.24, 2.45) is 11.3 Å². The molecule has 0 saturated carbocycles. The Hall–Kier alpha value is 0.557. The summed E-state index contributed by atoms with van der Waals surface area (Å²) in [7, 11) is 0. The van der Waals surface area contributed by atoms with E-state index in [4.69, 9.17) is 0 Å². The number of nitrogens with zero attached hydrogens (tertiary/aromatic N) is 1. The maximum absolute atomic E-state index is 4.47. The van der Waals surface area contributed by atoms with Gasteiger partial charge in [-0.2, -0.15) is 0 Å². The molecule has 0 bridgehead atoms. The molecule has 0 aromatic carbocycles. The van der Waals surface area contributed by atoms with Crippen molar-refractivity contribution in [2.45, 2.75) is 33.6 Å². The molecule has 11 heavy (non-hydrogen) atoms. The van der Waals surface area contributed by atoms with Gasteiger partial charge in [-0.05, 0) is 12.3 Å². The molecule has 1 rings (SSSR count). The molecule has 0 aliphatic carbocycles. The summed E-state index contributed by atoms with van der Waals surface area (Å²) in [6.45, 7) is 9.13. The molecule has 1 aliphatic rings. The third-order valence-electron chi connectivity index (χ3n) is 2.22. The molecular formula is C9H18LiN. The molecule has 1 fully saturated rings. The summed E-state index contributed by atoms with van der Waals surface area (Å²) in [6.07, 6.45) is 2.64. The summed E-state index contributed by atoms with van der Waals surface area (Å²) in [4.78, 5) is 0. The molecule has 1 heterocycles. The van der Waals surface area contributed by atoms with Crippen molar-refractivity contribution in [1.82, 2.24) is 0 Å². The van der Waals surface area contributed by atoms with Crippen LogP contribution < -0.4 is 18.9 Å². The average molecular weight is 147 g/mol. The zero-order chi connectivity index (χ0) is 7.61. The first-order chi connectivity index (χ1) is 4.60. The van der Waals surface area contributed by atoms with Crippen LogP contribution in [0.2, 0.25) is 0 Å². The molecule has 1 aliphatic heterocycles. The quantitative estimate of drug-likeness (QED) is 0.422. The minimum Gasteiger partial charge on any atom is -0.662 e. The first-order valence-corrected chi connectivity index (χ1v) is 4.23. The van der Waals surface area contributed by atoms with E-state index in [0.717, 1.165) is 19.0 Å². The Morgan fingerprint density at radius 1 is 1.36 bits per heavy atom. The molecule has 0 aromatic heterocycles. The first kappa shape index (κ1) is 11.6. The molecule has 0 N–H and O–H groups in total. The van der Waals surface area contributed by atoms with Gasteiger partial charge in [0.05, 0.1) is 0 Å². The van der Waals surface area contributed by atoms with Crippen molar-refractivity contribution in [2.75, 3.05) is 13.1 Å². The second-order valence-corrected chi connectivity index (χ2v) is 4.37. The molecule has 2 heteroatoms. The van der Waals surface area contributed by atoms with Gasteiger partial charge in [-0.15, -0.1) is 13.1 Å². The molecular weight excluding hydrogens is 129 g/mol. The van der Waals surface area contributed by atoms with Gasteiger partial charge in [-0.25, -0.2) is 0 Å². The monoisotopic (exact) mass is 147 g/mol. The molecule has 0 aromatic rings. The van der Waals surface area contributed by atoms with E-state index in [-0.39, 0.29) is 18.9 Å². The first-order valence-electron chi connectivity index (χ1n) is 4.23. The van der Waals surface area contributed by atoms with Crippen molar-refractivity contribution in [3.05, 3.63) is 5.32 Å². The van der Waals surface area contributed by atoms with Gasteiger partial charge in [0.25, 0.3) is 0 Å². The van der Waals surface area contributed by atoms with Crippen molar-refractivity contribution in [1.29, 1.82) is 0 Å². The third kappa shape index (κ3) is 4.21. The zero-order valence-electron chi connectivity index (χ0n) is 8.35. The number of rotatable bonds is 0. The summed E-state index contributed by atoms with van der Waals surface area (Å²) < 4.78 is 0. The maximum Gasteiger partial charge on any atom is 1.00 e. The minimum absolute atomic E-state index is 0. The molecule has 0 spiro atoms. The average Bonchev–Trinajstić information content (AvgIpc) is 1.90. The molecule has 1 atom stereocenters. The van der Waals surface area contributed by atoms with Crippen LogP contribution in [-0.2, 0) is 0 Å². The summed E-state index contributed by atoms with van der Waals surface area (Å²) >= 11 is 0.